The molecule has 2 fully saturated rings. The van der Waals surface area contributed by atoms with Gasteiger partial charge in [0.1, 0.15) is 5.75 Å². The molecule has 0 spiro atoms. The summed E-state index contributed by atoms with van der Waals surface area (Å²) in [6.07, 6.45) is 0.762. The molecule has 0 unspecified atom stereocenters. The lowest BCUT2D eigenvalue weighted by molar-refractivity contribution is -0.119. The molecule has 2 saturated heterocycles. The summed E-state index contributed by atoms with van der Waals surface area (Å²) < 4.78 is 37.6. The first-order chi connectivity index (χ1) is 13.0. The zero-order valence-electron chi connectivity index (χ0n) is 15.2. The van der Waals surface area contributed by atoms with E-state index in [2.05, 4.69) is 0 Å². The molecule has 0 N–H and O–H groups in total. The number of morpholine rings is 1. The Labute approximate surface area is 158 Å². The van der Waals surface area contributed by atoms with Gasteiger partial charge in [0.15, 0.2) is 0 Å². The van der Waals surface area contributed by atoms with Crippen LogP contribution in [0.3, 0.4) is 0 Å². The standard InChI is InChI=1S/C17H23N3O6S/c1-25-16-3-2-14(27(23,24)20-8-10-26-11-9-20)12-15(16)17(22)19-6-4-18(13-21)5-7-19/h2-3,12-13H,4-11H2,1H3. The highest BCUT2D eigenvalue weighted by Gasteiger charge is 2.29. The summed E-state index contributed by atoms with van der Waals surface area (Å²) in [6, 6.07) is 4.32. The SMILES string of the molecule is COc1ccc(S(=O)(=O)N2CCOCC2)cc1C(=O)N1CCN(C=O)CC1. The second-order valence-corrected chi connectivity index (χ2v) is 8.25. The van der Waals surface area contributed by atoms with Gasteiger partial charge in [0.25, 0.3) is 5.91 Å². The molecule has 2 aliphatic rings. The Bertz CT molecular complexity index is 799. The zero-order valence-corrected chi connectivity index (χ0v) is 16.0. The van der Waals surface area contributed by atoms with Gasteiger partial charge in [0.05, 0.1) is 30.8 Å². The predicted octanol–water partition coefficient (Wildman–Crippen LogP) is -0.370. The fraction of sp³-hybridized carbons (Fsp3) is 0.529. The second kappa shape index (κ2) is 8.24. The first-order valence-corrected chi connectivity index (χ1v) is 10.2. The number of methoxy groups -OCH3 is 1. The number of sulfonamides is 1. The van der Waals surface area contributed by atoms with E-state index in [0.29, 0.717) is 45.1 Å². The third kappa shape index (κ3) is 4.07. The van der Waals surface area contributed by atoms with Crippen molar-refractivity contribution in [1.29, 1.82) is 0 Å². The number of hydrogen-bond acceptors (Lipinski definition) is 6. The molecule has 3 rings (SSSR count). The number of rotatable bonds is 5. The van der Waals surface area contributed by atoms with Gasteiger partial charge in [-0.25, -0.2) is 8.42 Å². The first-order valence-electron chi connectivity index (χ1n) is 8.72. The number of carbonyl (C=O) groups excluding carboxylic acids is 2. The Balaban J connectivity index is 1.87. The summed E-state index contributed by atoms with van der Waals surface area (Å²) in [5.41, 5.74) is 0.200. The molecule has 1 aromatic rings. The van der Waals surface area contributed by atoms with Crippen LogP contribution in [0.25, 0.3) is 0 Å². The Hall–Kier alpha value is -2.17. The molecule has 2 heterocycles. The van der Waals surface area contributed by atoms with E-state index in [0.717, 1.165) is 6.41 Å². The highest BCUT2D eigenvalue weighted by Crippen LogP contribution is 2.26. The van der Waals surface area contributed by atoms with Crippen LogP contribution in [-0.4, -0.2) is 94.4 Å². The summed E-state index contributed by atoms with van der Waals surface area (Å²) in [5, 5.41) is 0. The number of ether oxygens (including phenoxy) is 2. The Morgan fingerprint density at radius 1 is 1.11 bits per heavy atom. The maximum Gasteiger partial charge on any atom is 0.257 e. The van der Waals surface area contributed by atoms with Crippen LogP contribution in [-0.2, 0) is 19.6 Å². The number of amides is 2. The molecule has 0 atom stereocenters. The summed E-state index contributed by atoms with van der Waals surface area (Å²) >= 11 is 0. The molecule has 2 aliphatic heterocycles. The van der Waals surface area contributed by atoms with Crippen molar-refractivity contribution in [3.8, 4) is 5.75 Å². The van der Waals surface area contributed by atoms with Crippen LogP contribution >= 0.6 is 0 Å². The van der Waals surface area contributed by atoms with E-state index in [1.165, 1.54) is 29.6 Å². The highest BCUT2D eigenvalue weighted by atomic mass is 32.2. The number of carbonyl (C=O) groups is 2. The lowest BCUT2D eigenvalue weighted by Gasteiger charge is -2.33. The van der Waals surface area contributed by atoms with E-state index in [1.54, 1.807) is 9.80 Å². The summed E-state index contributed by atoms with van der Waals surface area (Å²) in [5.74, 6) is 0.00942. The Morgan fingerprint density at radius 3 is 2.37 bits per heavy atom. The summed E-state index contributed by atoms with van der Waals surface area (Å²) in [7, 11) is -2.28. The van der Waals surface area contributed by atoms with Gasteiger partial charge in [-0.1, -0.05) is 0 Å². The lowest BCUT2D eigenvalue weighted by Crippen LogP contribution is -2.48. The molecule has 0 saturated carbocycles. The minimum absolute atomic E-state index is 0.0556. The van der Waals surface area contributed by atoms with Gasteiger partial charge in [-0.2, -0.15) is 4.31 Å². The number of piperazine rings is 1. The molecule has 0 bridgehead atoms. The average molecular weight is 397 g/mol. The molecule has 0 aliphatic carbocycles. The lowest BCUT2D eigenvalue weighted by atomic mass is 10.1. The molecule has 0 radical (unpaired) electrons. The Kier molecular flexibility index (Phi) is 5.98. The van der Waals surface area contributed by atoms with E-state index in [4.69, 9.17) is 9.47 Å². The topological polar surface area (TPSA) is 96.5 Å². The van der Waals surface area contributed by atoms with Gasteiger partial charge in [-0.15, -0.1) is 0 Å². The van der Waals surface area contributed by atoms with E-state index >= 15 is 0 Å². The summed E-state index contributed by atoms with van der Waals surface area (Å²) in [6.45, 7) is 2.94. The van der Waals surface area contributed by atoms with Gasteiger partial charge in [0.2, 0.25) is 16.4 Å². The largest absolute Gasteiger partial charge is 0.496 e. The quantitative estimate of drug-likeness (QED) is 0.629. The van der Waals surface area contributed by atoms with Crippen molar-refractivity contribution >= 4 is 22.3 Å². The van der Waals surface area contributed by atoms with Crippen LogP contribution in [0.5, 0.6) is 5.75 Å². The van der Waals surface area contributed by atoms with Gasteiger partial charge >= 0.3 is 0 Å². The van der Waals surface area contributed by atoms with E-state index < -0.39 is 10.0 Å². The fourth-order valence-corrected chi connectivity index (χ4v) is 4.59. The number of hydrogen-bond donors (Lipinski definition) is 0. The minimum Gasteiger partial charge on any atom is -0.496 e. The van der Waals surface area contributed by atoms with Gasteiger partial charge < -0.3 is 19.3 Å². The number of nitrogens with zero attached hydrogens (tertiary/aromatic N) is 3. The molecule has 0 aromatic heterocycles. The molecule has 27 heavy (non-hydrogen) atoms. The molecule has 2 amide bonds. The molecule has 148 valence electrons. The van der Waals surface area contributed by atoms with Crippen LogP contribution in [0, 0.1) is 0 Å². The number of benzene rings is 1. The molecule has 9 nitrogen and oxygen atoms in total. The van der Waals surface area contributed by atoms with E-state index in [1.807, 2.05) is 0 Å². The normalized spacial score (nSPS) is 19.0. The summed E-state index contributed by atoms with van der Waals surface area (Å²) in [4.78, 5) is 27.0. The third-order valence-electron chi connectivity index (χ3n) is 4.76. The van der Waals surface area contributed by atoms with E-state index in [-0.39, 0.29) is 29.5 Å². The van der Waals surface area contributed by atoms with Crippen LogP contribution in [0.1, 0.15) is 10.4 Å². The van der Waals surface area contributed by atoms with Crippen molar-refractivity contribution in [1.82, 2.24) is 14.1 Å². The molecular formula is C17H23N3O6S. The van der Waals surface area contributed by atoms with Crippen molar-refractivity contribution in [3.63, 3.8) is 0 Å². The second-order valence-electron chi connectivity index (χ2n) is 6.31. The zero-order chi connectivity index (χ0) is 19.4. The molecular weight excluding hydrogens is 374 g/mol. The smallest absolute Gasteiger partial charge is 0.257 e. The Morgan fingerprint density at radius 2 is 1.78 bits per heavy atom. The van der Waals surface area contributed by atoms with Crippen molar-refractivity contribution in [2.24, 2.45) is 0 Å². The molecule has 10 heteroatoms. The van der Waals surface area contributed by atoms with Crippen molar-refractivity contribution in [3.05, 3.63) is 23.8 Å². The van der Waals surface area contributed by atoms with Crippen molar-refractivity contribution < 1.29 is 27.5 Å². The van der Waals surface area contributed by atoms with Crippen LogP contribution in [0.15, 0.2) is 23.1 Å². The average Bonchev–Trinajstić information content (AvgIpc) is 2.73. The van der Waals surface area contributed by atoms with Crippen LogP contribution < -0.4 is 4.74 Å². The predicted molar refractivity (Wildman–Crippen MR) is 96.1 cm³/mol. The van der Waals surface area contributed by atoms with Crippen molar-refractivity contribution in [2.45, 2.75) is 4.90 Å². The van der Waals surface area contributed by atoms with Gasteiger partial charge in [-0.3, -0.25) is 9.59 Å². The van der Waals surface area contributed by atoms with E-state index in [9.17, 15) is 18.0 Å². The monoisotopic (exact) mass is 397 g/mol. The molecule has 1 aromatic carbocycles. The fourth-order valence-electron chi connectivity index (χ4n) is 3.15. The van der Waals surface area contributed by atoms with Crippen LogP contribution in [0.4, 0.5) is 0 Å². The van der Waals surface area contributed by atoms with Gasteiger partial charge in [0, 0.05) is 39.3 Å². The maximum atomic E-state index is 12.9. The van der Waals surface area contributed by atoms with Crippen LogP contribution in [0.2, 0.25) is 0 Å². The first kappa shape index (κ1) is 19.6. The highest BCUT2D eigenvalue weighted by molar-refractivity contribution is 7.89. The minimum atomic E-state index is -3.71. The maximum absolute atomic E-state index is 12.9. The van der Waals surface area contributed by atoms with Gasteiger partial charge in [-0.05, 0) is 18.2 Å². The third-order valence-corrected chi connectivity index (χ3v) is 6.65. The van der Waals surface area contributed by atoms with Crippen molar-refractivity contribution in [2.75, 3.05) is 59.6 Å².